The van der Waals surface area contributed by atoms with Gasteiger partial charge < -0.3 is 34.1 Å². The second-order valence-electron chi connectivity index (χ2n) is 19.5. The average Bonchev–Trinajstić information content (AvgIpc) is 3.30. The lowest BCUT2D eigenvalue weighted by atomic mass is 9.86. The maximum atomic E-state index is 12.7. The van der Waals surface area contributed by atoms with Gasteiger partial charge in [0.2, 0.25) is 0 Å². The van der Waals surface area contributed by atoms with E-state index in [0.29, 0.717) is 62.9 Å². The van der Waals surface area contributed by atoms with E-state index in [4.69, 9.17) is 23.7 Å². The Bertz CT molecular complexity index is 1180. The van der Waals surface area contributed by atoms with Crippen LogP contribution >= 0.6 is 0 Å². The van der Waals surface area contributed by atoms with Crippen LogP contribution in [0.5, 0.6) is 0 Å². The molecule has 3 N–H and O–H groups in total. The molecule has 0 bridgehead atoms. The fourth-order valence-corrected chi connectivity index (χ4v) is 9.77. The topological polar surface area (TPSA) is 168 Å². The molecule has 4 rings (SSSR count). The summed E-state index contributed by atoms with van der Waals surface area (Å²) >= 11 is 0. The van der Waals surface area contributed by atoms with E-state index < -0.39 is 30.8 Å². The third-order valence-corrected chi connectivity index (χ3v) is 13.7. The first-order chi connectivity index (χ1) is 30.7. The second kappa shape index (κ2) is 35.5. The molecule has 12 nitrogen and oxygen atoms in total. The molecule has 12 heteroatoms. The minimum absolute atomic E-state index is 0.147. The van der Waals surface area contributed by atoms with Gasteiger partial charge in [0.05, 0.1) is 32.5 Å². The van der Waals surface area contributed by atoms with Gasteiger partial charge in [-0.2, -0.15) is 0 Å². The molecule has 0 heterocycles. The lowest BCUT2D eigenvalue weighted by molar-refractivity contribution is -0.655. The minimum Gasteiger partial charge on any atom is -0.462 e. The van der Waals surface area contributed by atoms with Gasteiger partial charge in [-0.25, -0.2) is 0 Å². The van der Waals surface area contributed by atoms with Crippen molar-refractivity contribution in [2.45, 2.75) is 231 Å². The molecule has 0 saturated heterocycles. The van der Waals surface area contributed by atoms with Gasteiger partial charge in [-0.05, 0) is 62.2 Å². The summed E-state index contributed by atoms with van der Waals surface area (Å²) in [6, 6.07) is 0. The van der Waals surface area contributed by atoms with Gasteiger partial charge in [-0.1, -0.05) is 135 Å². The standard InChI is InChI=1S/C44H75NO11.C7H14/c46-31-38(32-52-40(47)24-10-21-35-15-4-1-5-16-35)55-43(50)27-13-29-45-30-14-28-44(51)56-39(33-53-41(48)25-11-22-36-17-6-2-7-18-36)34-54-42(49)26-12-23-37-19-8-3-9-20-37;1-7-5-3-2-4-6-7/h35-39,45-46H,1-34H2;7H,2-6H2,1H3/p+1. The van der Waals surface area contributed by atoms with Crippen LogP contribution in [0.2, 0.25) is 0 Å². The fourth-order valence-electron chi connectivity index (χ4n) is 9.77. The van der Waals surface area contributed by atoms with Crippen molar-refractivity contribution in [2.75, 3.05) is 39.5 Å². The van der Waals surface area contributed by atoms with Crippen LogP contribution in [0.1, 0.15) is 219 Å². The second-order valence-corrected chi connectivity index (χ2v) is 19.5. The van der Waals surface area contributed by atoms with Crippen LogP contribution in [0.15, 0.2) is 0 Å². The summed E-state index contributed by atoms with van der Waals surface area (Å²) < 4.78 is 27.1. The zero-order chi connectivity index (χ0) is 45.2. The Morgan fingerprint density at radius 3 is 1.10 bits per heavy atom. The molecular formula is C51H90NO11+. The van der Waals surface area contributed by atoms with Crippen molar-refractivity contribution in [1.29, 1.82) is 0 Å². The van der Waals surface area contributed by atoms with Crippen LogP contribution < -0.4 is 5.32 Å². The summed E-state index contributed by atoms with van der Waals surface area (Å²) in [5, 5.41) is 11.6. The van der Waals surface area contributed by atoms with Gasteiger partial charge in [0.25, 0.3) is 0 Å². The number of aliphatic hydroxyl groups is 1. The number of ether oxygens (including phenoxy) is 5. The maximum absolute atomic E-state index is 12.7. The smallest absolute Gasteiger partial charge is 0.306 e. The lowest BCUT2D eigenvalue weighted by Crippen LogP contribution is -2.84. The highest BCUT2D eigenvalue weighted by molar-refractivity contribution is 5.71. The molecule has 364 valence electrons. The van der Waals surface area contributed by atoms with E-state index in [-0.39, 0.29) is 50.6 Å². The molecule has 4 saturated carbocycles. The molecule has 1 atom stereocenters. The molecule has 0 aromatic heterocycles. The lowest BCUT2D eigenvalue weighted by Gasteiger charge is -2.21. The highest BCUT2D eigenvalue weighted by Gasteiger charge is 2.22. The van der Waals surface area contributed by atoms with E-state index >= 15 is 0 Å². The zero-order valence-corrected chi connectivity index (χ0v) is 39.6. The minimum atomic E-state index is -0.881. The van der Waals surface area contributed by atoms with Crippen LogP contribution in [0.3, 0.4) is 0 Å². The van der Waals surface area contributed by atoms with Crippen molar-refractivity contribution in [3.05, 3.63) is 0 Å². The van der Waals surface area contributed by atoms with Gasteiger partial charge >= 0.3 is 29.8 Å². The van der Waals surface area contributed by atoms with E-state index in [2.05, 4.69) is 6.92 Å². The molecule has 0 spiro atoms. The molecule has 0 aromatic rings. The number of hydrogen-bond acceptors (Lipinski definition) is 11. The Hall–Kier alpha value is -2.73. The van der Waals surface area contributed by atoms with Gasteiger partial charge in [-0.15, -0.1) is 0 Å². The molecule has 1 unspecified atom stereocenters. The van der Waals surface area contributed by atoms with E-state index in [0.717, 1.165) is 44.4 Å². The summed E-state index contributed by atoms with van der Waals surface area (Å²) in [5.41, 5.74) is 0. The van der Waals surface area contributed by atoms with E-state index in [1.54, 1.807) is 0 Å². The summed E-state index contributed by atoms with van der Waals surface area (Å²) in [7, 11) is 0. The number of nitrogens with two attached hydrogens (primary N) is 1. The summed E-state index contributed by atoms with van der Waals surface area (Å²) in [5.74, 6) is 1.22. The molecule has 63 heavy (non-hydrogen) atoms. The molecule has 0 aliphatic heterocycles. The van der Waals surface area contributed by atoms with Crippen molar-refractivity contribution in [3.8, 4) is 0 Å². The van der Waals surface area contributed by atoms with Crippen molar-refractivity contribution in [2.24, 2.45) is 23.7 Å². The normalized spacial score (nSPS) is 18.5. The van der Waals surface area contributed by atoms with Crippen LogP contribution in [-0.4, -0.2) is 86.7 Å². The highest BCUT2D eigenvalue weighted by atomic mass is 16.6. The monoisotopic (exact) mass is 893 g/mol. The number of rotatable bonds is 29. The van der Waals surface area contributed by atoms with Crippen LogP contribution in [0, 0.1) is 23.7 Å². The number of carbonyl (C=O) groups is 5. The molecule has 4 aliphatic carbocycles. The molecule has 0 amide bonds. The van der Waals surface area contributed by atoms with Crippen LogP contribution in [0.25, 0.3) is 0 Å². The first-order valence-corrected chi connectivity index (χ1v) is 26.0. The zero-order valence-electron chi connectivity index (χ0n) is 39.6. The van der Waals surface area contributed by atoms with Gasteiger partial charge in [-0.3, -0.25) is 24.0 Å². The van der Waals surface area contributed by atoms with Crippen molar-refractivity contribution >= 4 is 29.8 Å². The van der Waals surface area contributed by atoms with E-state index in [1.165, 1.54) is 128 Å². The number of esters is 5. The largest absolute Gasteiger partial charge is 0.462 e. The quantitative estimate of drug-likeness (QED) is 0.0417. The Kier molecular flexibility index (Phi) is 30.8. The SMILES string of the molecule is CC1CCCCC1.O=C(CCCC1CCCCC1)OCC(CO)OC(=O)CCC[NH2+]CCCC(=O)OC(COC(=O)CCCC1CCCCC1)COC(=O)CCCC1CCCCC1. The third kappa shape index (κ3) is 28.7. The van der Waals surface area contributed by atoms with Crippen LogP contribution in [-0.2, 0) is 47.7 Å². The predicted octanol–water partition coefficient (Wildman–Crippen LogP) is 9.39. The highest BCUT2D eigenvalue weighted by Crippen LogP contribution is 2.30. The van der Waals surface area contributed by atoms with Crippen LogP contribution in [0.4, 0.5) is 0 Å². The molecule has 0 radical (unpaired) electrons. The Labute approximate surface area is 381 Å². The van der Waals surface area contributed by atoms with Crippen molar-refractivity contribution in [3.63, 3.8) is 0 Å². The van der Waals surface area contributed by atoms with Gasteiger partial charge in [0.1, 0.15) is 19.8 Å². The number of quaternary nitrogens is 1. The average molecular weight is 893 g/mol. The number of aliphatic hydroxyl groups excluding tert-OH is 1. The Morgan fingerprint density at radius 1 is 0.444 bits per heavy atom. The molecular weight excluding hydrogens is 803 g/mol. The van der Waals surface area contributed by atoms with E-state index in [1.807, 2.05) is 5.32 Å². The summed E-state index contributed by atoms with van der Waals surface area (Å²) in [4.78, 5) is 62.2. The van der Waals surface area contributed by atoms with Gasteiger partial charge in [0.15, 0.2) is 12.2 Å². The number of hydrogen-bond donors (Lipinski definition) is 2. The summed E-state index contributed by atoms with van der Waals surface area (Å²) in [6.07, 6.45) is 32.5. The third-order valence-electron chi connectivity index (χ3n) is 13.7. The molecule has 4 fully saturated rings. The van der Waals surface area contributed by atoms with Gasteiger partial charge in [0, 0.05) is 32.1 Å². The molecule has 0 aromatic carbocycles. The number of carbonyl (C=O) groups excluding carboxylic acids is 5. The first kappa shape index (κ1) is 54.6. The van der Waals surface area contributed by atoms with Crippen molar-refractivity contribution < 1.29 is 58.1 Å². The summed E-state index contributed by atoms with van der Waals surface area (Å²) in [6.45, 7) is 2.77. The van der Waals surface area contributed by atoms with E-state index in [9.17, 15) is 29.1 Å². The fraction of sp³-hybridized carbons (Fsp3) is 0.902. The molecule has 4 aliphatic rings. The maximum Gasteiger partial charge on any atom is 0.306 e. The predicted molar refractivity (Wildman–Crippen MR) is 243 cm³/mol. The Balaban J connectivity index is 0.00000137. The van der Waals surface area contributed by atoms with Crippen molar-refractivity contribution in [1.82, 2.24) is 0 Å². The first-order valence-electron chi connectivity index (χ1n) is 26.0. The Morgan fingerprint density at radius 2 is 0.762 bits per heavy atom.